The number of aryl methyl sites for hydroxylation is 1. The van der Waals surface area contributed by atoms with Gasteiger partial charge in [0.2, 0.25) is 0 Å². The molecule has 0 fully saturated rings. The van der Waals surface area contributed by atoms with Gasteiger partial charge in [-0.2, -0.15) is 0 Å². The number of hydrogen-bond acceptors (Lipinski definition) is 2. The third-order valence-electron chi connectivity index (χ3n) is 3.17. The Morgan fingerprint density at radius 3 is 2.89 bits per heavy atom. The molecule has 1 N–H and O–H groups in total. The van der Waals surface area contributed by atoms with Crippen LogP contribution in [0.15, 0.2) is 42.5 Å². The predicted octanol–water partition coefficient (Wildman–Crippen LogP) is 4.19. The molecule has 0 bridgehead atoms. The van der Waals surface area contributed by atoms with Crippen molar-refractivity contribution in [2.45, 2.75) is 13.0 Å². The summed E-state index contributed by atoms with van der Waals surface area (Å²) in [5, 5.41) is 4.15. The van der Waals surface area contributed by atoms with Gasteiger partial charge in [-0.25, -0.2) is 0 Å². The highest BCUT2D eigenvalue weighted by atomic mass is 35.5. The average molecular weight is 260 g/mol. The summed E-state index contributed by atoms with van der Waals surface area (Å²) in [6.45, 7) is 2.82. The molecule has 0 radical (unpaired) electrons. The maximum atomic E-state index is 6.08. The van der Waals surface area contributed by atoms with Gasteiger partial charge in [0.25, 0.3) is 0 Å². The summed E-state index contributed by atoms with van der Waals surface area (Å²) in [6.07, 6.45) is 0.0114. The quantitative estimate of drug-likeness (QED) is 0.829. The van der Waals surface area contributed by atoms with Gasteiger partial charge in [0, 0.05) is 5.02 Å². The van der Waals surface area contributed by atoms with Crippen molar-refractivity contribution in [3.05, 3.63) is 58.6 Å². The van der Waals surface area contributed by atoms with Crippen LogP contribution < -0.4 is 10.1 Å². The number of benzene rings is 2. The second-order valence-corrected chi connectivity index (χ2v) is 4.93. The number of fused-ring (bicyclic) bond motifs is 1. The SMILES string of the molecule is Cc1cccc2c1OC(c1cccc(Cl)c1)CN2. The van der Waals surface area contributed by atoms with Gasteiger partial charge in [-0.05, 0) is 36.2 Å². The van der Waals surface area contributed by atoms with Crippen molar-refractivity contribution in [2.75, 3.05) is 11.9 Å². The molecular weight excluding hydrogens is 246 g/mol. The number of anilines is 1. The number of rotatable bonds is 1. The van der Waals surface area contributed by atoms with Crippen molar-refractivity contribution in [3.8, 4) is 5.75 Å². The van der Waals surface area contributed by atoms with Crippen LogP contribution in [0.5, 0.6) is 5.75 Å². The van der Waals surface area contributed by atoms with E-state index in [-0.39, 0.29) is 6.10 Å². The molecule has 0 amide bonds. The van der Waals surface area contributed by atoms with Crippen LogP contribution >= 0.6 is 11.6 Å². The van der Waals surface area contributed by atoms with E-state index < -0.39 is 0 Å². The van der Waals surface area contributed by atoms with Gasteiger partial charge in [-0.1, -0.05) is 35.9 Å². The molecule has 0 saturated carbocycles. The zero-order valence-electron chi connectivity index (χ0n) is 10.1. The Balaban J connectivity index is 1.93. The number of hydrogen-bond donors (Lipinski definition) is 1. The van der Waals surface area contributed by atoms with Crippen LogP contribution in [0, 0.1) is 6.92 Å². The van der Waals surface area contributed by atoms with Crippen molar-refractivity contribution in [2.24, 2.45) is 0 Å². The average Bonchev–Trinajstić information content (AvgIpc) is 2.39. The smallest absolute Gasteiger partial charge is 0.146 e. The van der Waals surface area contributed by atoms with Gasteiger partial charge in [0.15, 0.2) is 0 Å². The van der Waals surface area contributed by atoms with Crippen LogP contribution in [0.1, 0.15) is 17.2 Å². The molecule has 1 heterocycles. The van der Waals surface area contributed by atoms with Crippen LogP contribution in [0.4, 0.5) is 5.69 Å². The van der Waals surface area contributed by atoms with Gasteiger partial charge < -0.3 is 10.1 Å². The normalized spacial score (nSPS) is 17.6. The van der Waals surface area contributed by atoms with Gasteiger partial charge in [0.1, 0.15) is 11.9 Å². The topological polar surface area (TPSA) is 21.3 Å². The summed E-state index contributed by atoms with van der Waals surface area (Å²) < 4.78 is 6.08. The van der Waals surface area contributed by atoms with E-state index in [4.69, 9.17) is 16.3 Å². The Kier molecular flexibility index (Phi) is 2.88. The molecule has 18 heavy (non-hydrogen) atoms. The third-order valence-corrected chi connectivity index (χ3v) is 3.41. The lowest BCUT2D eigenvalue weighted by Crippen LogP contribution is -2.24. The van der Waals surface area contributed by atoms with E-state index in [1.807, 2.05) is 36.4 Å². The molecule has 1 atom stereocenters. The molecule has 0 spiro atoms. The van der Waals surface area contributed by atoms with Gasteiger partial charge in [0.05, 0.1) is 12.2 Å². The van der Waals surface area contributed by atoms with Crippen molar-refractivity contribution < 1.29 is 4.74 Å². The standard InChI is InChI=1S/C15H14ClNO/c1-10-4-2-7-13-15(10)18-14(9-17-13)11-5-3-6-12(16)8-11/h2-8,14,17H,9H2,1H3. The fourth-order valence-electron chi connectivity index (χ4n) is 2.23. The van der Waals surface area contributed by atoms with E-state index in [1.165, 1.54) is 0 Å². The summed E-state index contributed by atoms with van der Waals surface area (Å²) in [6, 6.07) is 14.0. The van der Waals surface area contributed by atoms with E-state index in [0.29, 0.717) is 0 Å². The molecule has 0 aliphatic carbocycles. The van der Waals surface area contributed by atoms with E-state index in [0.717, 1.165) is 34.1 Å². The minimum absolute atomic E-state index is 0.0114. The molecule has 0 aromatic heterocycles. The predicted molar refractivity (Wildman–Crippen MR) is 74.5 cm³/mol. The van der Waals surface area contributed by atoms with Crippen LogP contribution in [-0.2, 0) is 0 Å². The monoisotopic (exact) mass is 259 g/mol. The minimum Gasteiger partial charge on any atom is -0.481 e. The highest BCUT2D eigenvalue weighted by molar-refractivity contribution is 6.30. The molecule has 0 saturated heterocycles. The van der Waals surface area contributed by atoms with Crippen LogP contribution in [0.2, 0.25) is 5.02 Å². The minimum atomic E-state index is 0.0114. The molecule has 92 valence electrons. The number of ether oxygens (including phenoxy) is 1. The Morgan fingerprint density at radius 2 is 2.06 bits per heavy atom. The third kappa shape index (κ3) is 2.04. The molecule has 3 heteroatoms. The Morgan fingerprint density at radius 1 is 1.22 bits per heavy atom. The highest BCUT2D eigenvalue weighted by Crippen LogP contribution is 2.36. The fraction of sp³-hybridized carbons (Fsp3) is 0.200. The molecule has 1 unspecified atom stereocenters. The van der Waals surface area contributed by atoms with E-state index >= 15 is 0 Å². The lowest BCUT2D eigenvalue weighted by molar-refractivity contribution is 0.209. The second kappa shape index (κ2) is 4.54. The number of para-hydroxylation sites is 1. The lowest BCUT2D eigenvalue weighted by atomic mass is 10.1. The van der Waals surface area contributed by atoms with Crippen LogP contribution in [0.3, 0.4) is 0 Å². The Labute approximate surface area is 112 Å². The number of halogens is 1. The zero-order chi connectivity index (χ0) is 12.5. The zero-order valence-corrected chi connectivity index (χ0v) is 10.9. The van der Waals surface area contributed by atoms with Gasteiger partial charge in [-0.3, -0.25) is 0 Å². The molecule has 2 aromatic carbocycles. The summed E-state index contributed by atoms with van der Waals surface area (Å²) >= 11 is 6.02. The van der Waals surface area contributed by atoms with Crippen LogP contribution in [0.25, 0.3) is 0 Å². The molecule has 3 rings (SSSR count). The summed E-state index contributed by atoms with van der Waals surface area (Å²) in [7, 11) is 0. The summed E-state index contributed by atoms with van der Waals surface area (Å²) in [5.74, 6) is 0.939. The summed E-state index contributed by atoms with van der Waals surface area (Å²) in [5.41, 5.74) is 3.31. The molecule has 2 aromatic rings. The first-order valence-corrected chi connectivity index (χ1v) is 6.37. The second-order valence-electron chi connectivity index (χ2n) is 4.49. The Bertz CT molecular complexity index is 582. The fourth-order valence-corrected chi connectivity index (χ4v) is 2.43. The van der Waals surface area contributed by atoms with E-state index in [1.54, 1.807) is 0 Å². The van der Waals surface area contributed by atoms with Crippen molar-refractivity contribution in [3.63, 3.8) is 0 Å². The van der Waals surface area contributed by atoms with Gasteiger partial charge in [-0.15, -0.1) is 0 Å². The van der Waals surface area contributed by atoms with Gasteiger partial charge >= 0.3 is 0 Å². The van der Waals surface area contributed by atoms with Crippen molar-refractivity contribution in [1.82, 2.24) is 0 Å². The number of nitrogens with one attached hydrogen (secondary N) is 1. The lowest BCUT2D eigenvalue weighted by Gasteiger charge is -2.28. The van der Waals surface area contributed by atoms with Crippen LogP contribution in [-0.4, -0.2) is 6.54 Å². The largest absolute Gasteiger partial charge is 0.481 e. The maximum Gasteiger partial charge on any atom is 0.146 e. The summed E-state index contributed by atoms with van der Waals surface area (Å²) in [4.78, 5) is 0. The van der Waals surface area contributed by atoms with Crippen molar-refractivity contribution in [1.29, 1.82) is 0 Å². The highest BCUT2D eigenvalue weighted by Gasteiger charge is 2.21. The first-order valence-electron chi connectivity index (χ1n) is 5.99. The first kappa shape index (κ1) is 11.4. The molecule has 1 aliphatic heterocycles. The van der Waals surface area contributed by atoms with Crippen molar-refractivity contribution >= 4 is 17.3 Å². The maximum absolute atomic E-state index is 6.08. The Hall–Kier alpha value is -1.67. The van der Waals surface area contributed by atoms with E-state index in [9.17, 15) is 0 Å². The van der Waals surface area contributed by atoms with E-state index in [2.05, 4.69) is 18.3 Å². The molecule has 1 aliphatic rings. The molecule has 2 nitrogen and oxygen atoms in total. The first-order chi connectivity index (χ1) is 8.74. The molecular formula is C15H14ClNO.